The van der Waals surface area contributed by atoms with Crippen molar-refractivity contribution in [2.45, 2.75) is 40.2 Å². The maximum absolute atomic E-state index is 13.2. The lowest BCUT2D eigenvalue weighted by atomic mass is 9.97. The van der Waals surface area contributed by atoms with E-state index in [0.717, 1.165) is 48.7 Å². The second-order valence-electron chi connectivity index (χ2n) is 8.25. The molecular formula is C24H28N2O3. The highest BCUT2D eigenvalue weighted by Crippen LogP contribution is 2.35. The van der Waals surface area contributed by atoms with Crippen LogP contribution in [0.15, 0.2) is 40.8 Å². The van der Waals surface area contributed by atoms with E-state index in [4.69, 9.17) is 4.42 Å². The van der Waals surface area contributed by atoms with Crippen molar-refractivity contribution in [2.75, 3.05) is 18.4 Å². The van der Waals surface area contributed by atoms with E-state index in [1.165, 1.54) is 0 Å². The van der Waals surface area contributed by atoms with Gasteiger partial charge in [0.25, 0.3) is 5.91 Å². The van der Waals surface area contributed by atoms with Crippen LogP contribution in [-0.4, -0.2) is 29.0 Å². The molecule has 0 saturated carbocycles. The Kier molecular flexibility index (Phi) is 5.33. The molecule has 0 unspecified atom stereocenters. The second kappa shape index (κ2) is 7.91. The number of carbonyl (C=O) groups is 1. The van der Waals surface area contributed by atoms with E-state index in [9.17, 15) is 9.90 Å². The molecule has 29 heavy (non-hydrogen) atoms. The predicted octanol–water partition coefficient (Wildman–Crippen LogP) is 5.24. The minimum atomic E-state index is -0.217. The monoisotopic (exact) mass is 392 g/mol. The molecule has 2 heterocycles. The fourth-order valence-electron chi connectivity index (χ4n) is 4.16. The van der Waals surface area contributed by atoms with Gasteiger partial charge in [0.05, 0.1) is 5.56 Å². The number of nitrogens with zero attached hydrogens (tertiary/aromatic N) is 1. The number of benzene rings is 2. The summed E-state index contributed by atoms with van der Waals surface area (Å²) in [5.41, 5.74) is 3.72. The van der Waals surface area contributed by atoms with E-state index >= 15 is 0 Å². The van der Waals surface area contributed by atoms with Crippen molar-refractivity contribution in [3.05, 3.63) is 58.8 Å². The summed E-state index contributed by atoms with van der Waals surface area (Å²) < 4.78 is 5.89. The summed E-state index contributed by atoms with van der Waals surface area (Å²) in [6.45, 7) is 8.68. The molecule has 1 aliphatic heterocycles. The molecule has 152 valence electrons. The van der Waals surface area contributed by atoms with Crippen LogP contribution in [0.5, 0.6) is 5.75 Å². The number of likely N-dealkylation sites (tertiary alicyclic amines) is 1. The number of fused-ring (bicyclic) bond motifs is 1. The molecule has 1 saturated heterocycles. The molecule has 2 N–H and O–H groups in total. The first kappa shape index (κ1) is 19.5. The van der Waals surface area contributed by atoms with Gasteiger partial charge in [0.15, 0.2) is 0 Å². The normalized spacial score (nSPS) is 15.7. The van der Waals surface area contributed by atoms with Crippen LogP contribution in [0.1, 0.15) is 47.0 Å². The Hall–Kier alpha value is -2.79. The van der Waals surface area contributed by atoms with Crippen molar-refractivity contribution in [1.82, 2.24) is 4.90 Å². The molecule has 0 bridgehead atoms. The Morgan fingerprint density at radius 3 is 2.69 bits per heavy atom. The quantitative estimate of drug-likeness (QED) is 0.637. The van der Waals surface area contributed by atoms with E-state index in [1.54, 1.807) is 19.1 Å². The molecule has 2 aromatic carbocycles. The van der Waals surface area contributed by atoms with Crippen LogP contribution in [0, 0.1) is 19.8 Å². The first-order valence-corrected chi connectivity index (χ1v) is 10.3. The van der Waals surface area contributed by atoms with Crippen molar-refractivity contribution in [1.29, 1.82) is 0 Å². The van der Waals surface area contributed by atoms with Gasteiger partial charge in [-0.1, -0.05) is 19.1 Å². The van der Waals surface area contributed by atoms with Gasteiger partial charge in [-0.25, -0.2) is 0 Å². The molecule has 0 radical (unpaired) electrons. The predicted molar refractivity (Wildman–Crippen MR) is 115 cm³/mol. The molecule has 1 fully saturated rings. The summed E-state index contributed by atoms with van der Waals surface area (Å²) in [5.74, 6) is 1.29. The van der Waals surface area contributed by atoms with Gasteiger partial charge in [0, 0.05) is 23.2 Å². The molecule has 1 aliphatic rings. The first-order valence-electron chi connectivity index (χ1n) is 10.3. The highest BCUT2D eigenvalue weighted by atomic mass is 16.3. The minimum Gasteiger partial charge on any atom is -0.508 e. The largest absolute Gasteiger partial charge is 0.508 e. The number of aryl methyl sites for hydroxylation is 2. The molecule has 0 atom stereocenters. The van der Waals surface area contributed by atoms with Crippen molar-refractivity contribution in [3.8, 4) is 5.75 Å². The number of furan rings is 1. The van der Waals surface area contributed by atoms with Crippen LogP contribution in [0.2, 0.25) is 0 Å². The molecule has 3 aromatic rings. The summed E-state index contributed by atoms with van der Waals surface area (Å²) in [7, 11) is 0. The van der Waals surface area contributed by atoms with Gasteiger partial charge in [-0.05, 0) is 75.5 Å². The average Bonchev–Trinajstić information content (AvgIpc) is 3.02. The number of aromatic hydroxyl groups is 1. The number of anilines is 1. The molecule has 4 rings (SSSR count). The minimum absolute atomic E-state index is 0.210. The Morgan fingerprint density at radius 1 is 1.21 bits per heavy atom. The zero-order valence-electron chi connectivity index (χ0n) is 17.3. The van der Waals surface area contributed by atoms with Crippen molar-refractivity contribution < 1.29 is 14.3 Å². The number of amides is 1. The van der Waals surface area contributed by atoms with Gasteiger partial charge in [-0.3, -0.25) is 9.69 Å². The third-order valence-corrected chi connectivity index (χ3v) is 5.88. The van der Waals surface area contributed by atoms with Crippen LogP contribution in [0.25, 0.3) is 11.0 Å². The van der Waals surface area contributed by atoms with Gasteiger partial charge in [0.1, 0.15) is 17.1 Å². The Balaban J connectivity index is 1.71. The van der Waals surface area contributed by atoms with Crippen LogP contribution < -0.4 is 5.32 Å². The van der Waals surface area contributed by atoms with E-state index in [1.807, 2.05) is 31.2 Å². The summed E-state index contributed by atoms with van der Waals surface area (Å²) >= 11 is 0. The molecule has 1 aromatic heterocycles. The van der Waals surface area contributed by atoms with Crippen LogP contribution >= 0.6 is 0 Å². The number of hydrogen-bond donors (Lipinski definition) is 2. The number of nitrogens with one attached hydrogen (secondary N) is 1. The number of phenolic OH excluding ortho intramolecular Hbond substituents is 1. The Bertz CT molecular complexity index is 1050. The van der Waals surface area contributed by atoms with Gasteiger partial charge in [-0.15, -0.1) is 0 Å². The zero-order chi connectivity index (χ0) is 20.5. The maximum atomic E-state index is 13.2. The standard InChI is InChI=1S/C24H28N2O3/c1-15-9-11-26(12-10-15)14-19-20(27)7-8-21-23(19)22(17(3)29-21)24(28)25-18-6-4-5-16(2)13-18/h4-8,13,15,27H,9-12,14H2,1-3H3,(H,25,28). The summed E-state index contributed by atoms with van der Waals surface area (Å²) in [6, 6.07) is 11.1. The molecule has 5 nitrogen and oxygen atoms in total. The lowest BCUT2D eigenvalue weighted by Gasteiger charge is -2.30. The molecule has 5 heteroatoms. The lowest BCUT2D eigenvalue weighted by molar-refractivity contribution is 0.102. The Morgan fingerprint density at radius 2 is 1.97 bits per heavy atom. The summed E-state index contributed by atoms with van der Waals surface area (Å²) in [5, 5.41) is 14.3. The van der Waals surface area contributed by atoms with E-state index < -0.39 is 0 Å². The number of carbonyl (C=O) groups excluding carboxylic acids is 1. The summed E-state index contributed by atoms with van der Waals surface area (Å²) in [4.78, 5) is 15.5. The topological polar surface area (TPSA) is 65.7 Å². The Labute approximate surface area is 171 Å². The van der Waals surface area contributed by atoms with Crippen molar-refractivity contribution in [2.24, 2.45) is 5.92 Å². The highest BCUT2D eigenvalue weighted by molar-refractivity contribution is 6.14. The third kappa shape index (κ3) is 4.01. The van der Waals surface area contributed by atoms with Gasteiger partial charge >= 0.3 is 0 Å². The van der Waals surface area contributed by atoms with E-state index in [0.29, 0.717) is 28.8 Å². The van der Waals surface area contributed by atoms with Crippen molar-refractivity contribution in [3.63, 3.8) is 0 Å². The fourth-order valence-corrected chi connectivity index (χ4v) is 4.16. The number of phenols is 1. The summed E-state index contributed by atoms with van der Waals surface area (Å²) in [6.07, 6.45) is 2.31. The highest BCUT2D eigenvalue weighted by Gasteiger charge is 2.25. The number of hydrogen-bond acceptors (Lipinski definition) is 4. The SMILES string of the molecule is Cc1cccc(NC(=O)c2c(C)oc3ccc(O)c(CN4CCC(C)CC4)c23)c1. The third-order valence-electron chi connectivity index (χ3n) is 5.88. The van der Waals surface area contributed by atoms with Gasteiger partial charge < -0.3 is 14.8 Å². The average molecular weight is 392 g/mol. The van der Waals surface area contributed by atoms with Crippen LogP contribution in [0.3, 0.4) is 0 Å². The maximum Gasteiger partial charge on any atom is 0.259 e. The number of piperidine rings is 1. The van der Waals surface area contributed by atoms with E-state index in [2.05, 4.69) is 17.1 Å². The smallest absolute Gasteiger partial charge is 0.259 e. The van der Waals surface area contributed by atoms with E-state index in [-0.39, 0.29) is 11.7 Å². The van der Waals surface area contributed by atoms with Crippen molar-refractivity contribution >= 4 is 22.6 Å². The lowest BCUT2D eigenvalue weighted by Crippen LogP contribution is -2.32. The van der Waals surface area contributed by atoms with Crippen LogP contribution in [-0.2, 0) is 6.54 Å². The molecule has 1 amide bonds. The fraction of sp³-hybridized carbons (Fsp3) is 0.375. The molecule has 0 spiro atoms. The molecular weight excluding hydrogens is 364 g/mol. The molecule has 0 aliphatic carbocycles. The van der Waals surface area contributed by atoms with Gasteiger partial charge in [-0.2, -0.15) is 0 Å². The number of rotatable bonds is 4. The zero-order valence-corrected chi connectivity index (χ0v) is 17.3. The van der Waals surface area contributed by atoms with Crippen LogP contribution in [0.4, 0.5) is 5.69 Å². The van der Waals surface area contributed by atoms with Gasteiger partial charge in [0.2, 0.25) is 0 Å². The first-order chi connectivity index (χ1) is 13.9. The second-order valence-corrected chi connectivity index (χ2v) is 8.25.